The molecule has 0 radical (unpaired) electrons. The minimum Gasteiger partial charge on any atom is -0.264 e. The highest BCUT2D eigenvalue weighted by Gasteiger charge is 2.21. The number of benzene rings is 1. The molecule has 0 aliphatic carbocycles. The molecule has 2 heterocycles. The van der Waals surface area contributed by atoms with Crippen molar-refractivity contribution in [3.05, 3.63) is 46.1 Å². The Kier molecular flexibility index (Phi) is 5.23. The predicted molar refractivity (Wildman–Crippen MR) is 96.0 cm³/mol. The van der Waals surface area contributed by atoms with Crippen LogP contribution < -0.4 is 5.01 Å². The van der Waals surface area contributed by atoms with Crippen molar-refractivity contribution in [3.63, 3.8) is 0 Å². The van der Waals surface area contributed by atoms with Crippen molar-refractivity contribution < 1.29 is 4.39 Å². The van der Waals surface area contributed by atoms with Crippen molar-refractivity contribution in [2.24, 2.45) is 5.10 Å². The molecule has 0 spiro atoms. The summed E-state index contributed by atoms with van der Waals surface area (Å²) in [6.07, 6.45) is 0. The number of nitriles is 1. The Morgan fingerprint density at radius 1 is 1.38 bits per heavy atom. The molecule has 0 N–H and O–H groups in total. The third-order valence-corrected chi connectivity index (χ3v) is 5.59. The minimum atomic E-state index is -0.576. The Labute approximate surface area is 151 Å². The molecule has 5 nitrogen and oxygen atoms in total. The zero-order valence-corrected chi connectivity index (χ0v) is 14.9. The second-order valence-electron chi connectivity index (χ2n) is 4.87. The molecule has 0 saturated heterocycles. The van der Waals surface area contributed by atoms with Crippen LogP contribution in [-0.2, 0) is 12.4 Å². The average Bonchev–Trinajstić information content (AvgIpc) is 2.60. The fourth-order valence-electron chi connectivity index (χ4n) is 2.07. The molecule has 2 aromatic rings. The number of anilines is 1. The smallest absolute Gasteiger partial charge is 0.157 e. The Morgan fingerprint density at radius 3 is 2.96 bits per heavy atom. The molecule has 122 valence electrons. The number of nitrogens with zero attached hydrogens (tertiary/aromatic N) is 5. The van der Waals surface area contributed by atoms with Crippen molar-refractivity contribution in [3.8, 4) is 6.07 Å². The van der Waals surface area contributed by atoms with Gasteiger partial charge >= 0.3 is 0 Å². The van der Waals surface area contributed by atoms with Crippen molar-refractivity contribution in [1.82, 2.24) is 10.2 Å². The summed E-state index contributed by atoms with van der Waals surface area (Å²) >= 11 is 8.75. The van der Waals surface area contributed by atoms with Crippen molar-refractivity contribution in [2.45, 2.75) is 17.5 Å². The standard InChI is InChI=1S/C15H11ClFN5S2/c1-22-12-5-13(16)19-20-14(12)24-15(21-22)23-8-10-3-2-9(6-17)4-11(10)7-18/h2-5H,6,8H2,1H3. The van der Waals surface area contributed by atoms with Crippen LogP contribution >= 0.6 is 35.1 Å². The van der Waals surface area contributed by atoms with E-state index in [9.17, 15) is 9.65 Å². The van der Waals surface area contributed by atoms with Crippen LogP contribution in [0.3, 0.4) is 0 Å². The molecule has 0 saturated carbocycles. The van der Waals surface area contributed by atoms with Gasteiger partial charge in [0.05, 0.1) is 17.3 Å². The second-order valence-corrected chi connectivity index (χ2v) is 7.46. The Morgan fingerprint density at radius 2 is 2.21 bits per heavy atom. The summed E-state index contributed by atoms with van der Waals surface area (Å²) in [5.41, 5.74) is 2.64. The number of halogens is 2. The lowest BCUT2D eigenvalue weighted by Crippen LogP contribution is -2.17. The number of alkyl halides is 1. The van der Waals surface area contributed by atoms with E-state index in [1.807, 2.05) is 7.05 Å². The van der Waals surface area contributed by atoms with Crippen LogP contribution in [0.1, 0.15) is 16.7 Å². The first kappa shape index (κ1) is 17.0. The summed E-state index contributed by atoms with van der Waals surface area (Å²) < 4.78 is 13.5. The summed E-state index contributed by atoms with van der Waals surface area (Å²) in [5.74, 6) is 0.561. The van der Waals surface area contributed by atoms with Crippen LogP contribution in [0, 0.1) is 11.3 Å². The average molecular weight is 380 g/mol. The van der Waals surface area contributed by atoms with Gasteiger partial charge in [-0.25, -0.2) is 4.39 Å². The highest BCUT2D eigenvalue weighted by atomic mass is 35.5. The van der Waals surface area contributed by atoms with Gasteiger partial charge in [0.15, 0.2) is 14.6 Å². The third-order valence-electron chi connectivity index (χ3n) is 3.28. The molecule has 0 bridgehead atoms. The predicted octanol–water partition coefficient (Wildman–Crippen LogP) is 4.22. The van der Waals surface area contributed by atoms with Gasteiger partial charge in [-0.05, 0) is 29.0 Å². The molecule has 0 amide bonds. The first-order chi connectivity index (χ1) is 11.6. The summed E-state index contributed by atoms with van der Waals surface area (Å²) in [4.78, 5) is 0. The highest BCUT2D eigenvalue weighted by molar-refractivity contribution is 8.38. The molecule has 3 rings (SSSR count). The molecular weight excluding hydrogens is 369 g/mol. The molecule has 1 aromatic heterocycles. The molecule has 1 aliphatic heterocycles. The zero-order valence-electron chi connectivity index (χ0n) is 12.5. The number of fused-ring (bicyclic) bond motifs is 1. The maximum atomic E-state index is 12.7. The molecule has 0 atom stereocenters. The van der Waals surface area contributed by atoms with E-state index in [2.05, 4.69) is 21.4 Å². The van der Waals surface area contributed by atoms with E-state index >= 15 is 0 Å². The van der Waals surface area contributed by atoms with Crippen LogP contribution in [0.5, 0.6) is 0 Å². The van der Waals surface area contributed by atoms with Crippen LogP contribution in [-0.4, -0.2) is 21.6 Å². The van der Waals surface area contributed by atoms with Crippen LogP contribution in [0.2, 0.25) is 5.15 Å². The third kappa shape index (κ3) is 3.64. The minimum absolute atomic E-state index is 0.319. The van der Waals surface area contributed by atoms with E-state index in [-0.39, 0.29) is 0 Å². The van der Waals surface area contributed by atoms with E-state index in [1.165, 1.54) is 23.5 Å². The van der Waals surface area contributed by atoms with Crippen molar-refractivity contribution >= 4 is 45.2 Å². The van der Waals surface area contributed by atoms with Gasteiger partial charge < -0.3 is 0 Å². The topological polar surface area (TPSA) is 65.2 Å². The van der Waals surface area contributed by atoms with Gasteiger partial charge in [-0.2, -0.15) is 10.4 Å². The monoisotopic (exact) mass is 379 g/mol. The quantitative estimate of drug-likeness (QED) is 0.795. The fraction of sp³-hybridized carbons (Fsp3) is 0.200. The van der Waals surface area contributed by atoms with E-state index in [1.54, 1.807) is 29.3 Å². The Balaban J connectivity index is 1.75. The number of aromatic nitrogens is 2. The molecule has 0 fully saturated rings. The van der Waals surface area contributed by atoms with Gasteiger partial charge in [0.1, 0.15) is 6.67 Å². The van der Waals surface area contributed by atoms with Gasteiger partial charge in [0.25, 0.3) is 0 Å². The number of rotatable bonds is 3. The summed E-state index contributed by atoms with van der Waals surface area (Å²) in [7, 11) is 1.81. The lowest BCUT2D eigenvalue weighted by Gasteiger charge is -2.22. The largest absolute Gasteiger partial charge is 0.264 e. The first-order valence-electron chi connectivity index (χ1n) is 6.85. The first-order valence-corrected chi connectivity index (χ1v) is 9.03. The zero-order chi connectivity index (χ0) is 17.1. The number of hydrogen-bond acceptors (Lipinski definition) is 7. The van der Waals surface area contributed by atoms with Crippen molar-refractivity contribution in [1.29, 1.82) is 5.26 Å². The Bertz CT molecular complexity index is 852. The maximum Gasteiger partial charge on any atom is 0.157 e. The lowest BCUT2D eigenvalue weighted by molar-refractivity contribution is 0.485. The molecular formula is C15H11ClFN5S2. The number of thioether (sulfide) groups is 2. The van der Waals surface area contributed by atoms with Crippen LogP contribution in [0.25, 0.3) is 0 Å². The van der Waals surface area contributed by atoms with Gasteiger partial charge in [-0.3, -0.25) is 5.01 Å². The van der Waals surface area contributed by atoms with E-state index in [0.29, 0.717) is 22.0 Å². The fourth-order valence-corrected chi connectivity index (χ4v) is 4.27. The summed E-state index contributed by atoms with van der Waals surface area (Å²) in [6, 6.07) is 8.89. The SMILES string of the molecule is CN1N=C(SCc2ccc(CF)cc2C#N)Sc2nnc(Cl)cc21. The molecule has 9 heteroatoms. The molecule has 1 aromatic carbocycles. The highest BCUT2D eigenvalue weighted by Crippen LogP contribution is 2.38. The van der Waals surface area contributed by atoms with Crippen LogP contribution in [0.4, 0.5) is 10.1 Å². The van der Waals surface area contributed by atoms with Crippen LogP contribution in [0.15, 0.2) is 34.4 Å². The molecule has 24 heavy (non-hydrogen) atoms. The van der Waals surface area contributed by atoms with Gasteiger partial charge in [0.2, 0.25) is 0 Å². The number of hydrogen-bond donors (Lipinski definition) is 0. The Hall–Kier alpha value is -1.82. The summed E-state index contributed by atoms with van der Waals surface area (Å²) in [6.45, 7) is -0.576. The molecule has 0 unspecified atom stereocenters. The van der Waals surface area contributed by atoms with E-state index < -0.39 is 6.67 Å². The maximum absolute atomic E-state index is 12.7. The lowest BCUT2D eigenvalue weighted by atomic mass is 10.1. The molecule has 1 aliphatic rings. The normalized spacial score (nSPS) is 13.2. The number of hydrazone groups is 1. The van der Waals surface area contributed by atoms with Gasteiger partial charge in [0, 0.05) is 18.9 Å². The van der Waals surface area contributed by atoms with Gasteiger partial charge in [-0.1, -0.05) is 35.5 Å². The second kappa shape index (κ2) is 7.38. The summed E-state index contributed by atoms with van der Waals surface area (Å²) in [5, 5.41) is 24.4. The van der Waals surface area contributed by atoms with E-state index in [0.717, 1.165) is 20.7 Å². The van der Waals surface area contributed by atoms with Gasteiger partial charge in [-0.15, -0.1) is 10.2 Å². The van der Waals surface area contributed by atoms with Crippen molar-refractivity contribution in [2.75, 3.05) is 12.1 Å². The van der Waals surface area contributed by atoms with E-state index in [4.69, 9.17) is 11.6 Å².